The first kappa shape index (κ1) is 15.4. The third-order valence-corrected chi connectivity index (χ3v) is 3.94. The number of likely N-dealkylation sites (N-methyl/N-ethyl adjacent to an activating group) is 1. The summed E-state index contributed by atoms with van der Waals surface area (Å²) in [4.78, 5) is 28.8. The van der Waals surface area contributed by atoms with Crippen LogP contribution >= 0.6 is 0 Å². The number of hydrogen-bond acceptors (Lipinski definition) is 4. The van der Waals surface area contributed by atoms with Gasteiger partial charge in [-0.3, -0.25) is 4.79 Å². The molecule has 2 N–H and O–H groups in total. The summed E-state index contributed by atoms with van der Waals surface area (Å²) < 4.78 is 0. The molecule has 0 radical (unpaired) electrons. The molecule has 21 heavy (non-hydrogen) atoms. The van der Waals surface area contributed by atoms with E-state index in [4.69, 9.17) is 5.11 Å². The minimum atomic E-state index is -1.13. The Morgan fingerprint density at radius 2 is 2.14 bits per heavy atom. The highest BCUT2D eigenvalue weighted by molar-refractivity contribution is 5.96. The lowest BCUT2D eigenvalue weighted by molar-refractivity contribution is 0.0690. The molecule has 1 aromatic rings. The molecule has 0 spiro atoms. The fourth-order valence-corrected chi connectivity index (χ4v) is 2.66. The predicted octanol–water partition coefficient (Wildman–Crippen LogP) is 1.38. The number of carboxylic acids is 1. The molecule has 0 atom stereocenters. The van der Waals surface area contributed by atoms with Crippen LogP contribution < -0.4 is 5.32 Å². The summed E-state index contributed by atoms with van der Waals surface area (Å²) in [6.45, 7) is 1.35. The van der Waals surface area contributed by atoms with E-state index >= 15 is 0 Å². The highest BCUT2D eigenvalue weighted by Crippen LogP contribution is 2.21. The molecular weight excluding hydrogens is 270 g/mol. The number of nitrogens with one attached hydrogen (secondary N) is 1. The Balaban J connectivity index is 1.81. The number of carbonyl (C=O) groups is 2. The first-order valence-corrected chi connectivity index (χ1v) is 7.25. The van der Waals surface area contributed by atoms with Crippen LogP contribution in [-0.4, -0.2) is 53.0 Å². The highest BCUT2D eigenvalue weighted by atomic mass is 16.4. The van der Waals surface area contributed by atoms with Crippen molar-refractivity contribution >= 4 is 11.9 Å². The van der Waals surface area contributed by atoms with E-state index in [0.29, 0.717) is 18.2 Å². The van der Waals surface area contributed by atoms with Gasteiger partial charge >= 0.3 is 5.97 Å². The molecule has 6 nitrogen and oxygen atoms in total. The van der Waals surface area contributed by atoms with E-state index in [2.05, 4.69) is 22.2 Å². The first-order chi connectivity index (χ1) is 10.1. The van der Waals surface area contributed by atoms with Crippen molar-refractivity contribution in [1.29, 1.82) is 0 Å². The number of hydrogen-bond donors (Lipinski definition) is 2. The molecule has 1 fully saturated rings. The van der Waals surface area contributed by atoms with Crippen molar-refractivity contribution in [3.8, 4) is 0 Å². The van der Waals surface area contributed by atoms with Gasteiger partial charge < -0.3 is 15.3 Å². The lowest BCUT2D eigenvalue weighted by Crippen LogP contribution is -2.37. The van der Waals surface area contributed by atoms with Gasteiger partial charge in [0.15, 0.2) is 0 Å². The molecule has 1 saturated carbocycles. The fraction of sp³-hybridized carbons (Fsp3) is 0.533. The summed E-state index contributed by atoms with van der Waals surface area (Å²) in [7, 11) is 2.08. The van der Waals surface area contributed by atoms with Gasteiger partial charge in [-0.05, 0) is 32.0 Å². The molecule has 6 heteroatoms. The molecule has 0 saturated heterocycles. The third-order valence-electron chi connectivity index (χ3n) is 3.94. The Morgan fingerprint density at radius 3 is 2.81 bits per heavy atom. The van der Waals surface area contributed by atoms with Crippen LogP contribution in [0.2, 0.25) is 0 Å². The van der Waals surface area contributed by atoms with Crippen LogP contribution in [0, 0.1) is 0 Å². The van der Waals surface area contributed by atoms with Crippen molar-refractivity contribution in [3.63, 3.8) is 0 Å². The number of rotatable bonds is 6. The lowest BCUT2D eigenvalue weighted by atomic mass is 10.2. The largest absolute Gasteiger partial charge is 0.477 e. The molecule has 1 heterocycles. The summed E-state index contributed by atoms with van der Waals surface area (Å²) in [5, 5.41) is 11.7. The third kappa shape index (κ3) is 4.26. The molecule has 1 aliphatic carbocycles. The average molecular weight is 291 g/mol. The van der Waals surface area contributed by atoms with Gasteiger partial charge in [-0.2, -0.15) is 0 Å². The quantitative estimate of drug-likeness (QED) is 0.827. The van der Waals surface area contributed by atoms with Crippen LogP contribution in [0.25, 0.3) is 0 Å². The minimum Gasteiger partial charge on any atom is -0.477 e. The zero-order valence-corrected chi connectivity index (χ0v) is 12.2. The van der Waals surface area contributed by atoms with Crippen LogP contribution in [0.5, 0.6) is 0 Å². The zero-order chi connectivity index (χ0) is 15.2. The molecule has 1 aliphatic rings. The topological polar surface area (TPSA) is 82.5 Å². The Bertz CT molecular complexity index is 513. The smallest absolute Gasteiger partial charge is 0.354 e. The Kier molecular flexibility index (Phi) is 5.27. The van der Waals surface area contributed by atoms with Crippen molar-refractivity contribution < 1.29 is 14.7 Å². The van der Waals surface area contributed by atoms with Gasteiger partial charge in [0.1, 0.15) is 5.69 Å². The van der Waals surface area contributed by atoms with E-state index in [1.165, 1.54) is 44.0 Å². The van der Waals surface area contributed by atoms with Crippen molar-refractivity contribution in [3.05, 3.63) is 29.6 Å². The first-order valence-electron chi connectivity index (χ1n) is 7.25. The summed E-state index contributed by atoms with van der Waals surface area (Å²) in [5.41, 5.74) is 0.205. The number of aromatic nitrogens is 1. The monoisotopic (exact) mass is 291 g/mol. The van der Waals surface area contributed by atoms with Gasteiger partial charge in [0.25, 0.3) is 5.91 Å². The Labute approximate surface area is 124 Å². The van der Waals surface area contributed by atoms with E-state index in [1.54, 1.807) is 0 Å². The van der Waals surface area contributed by atoms with Crippen molar-refractivity contribution in [1.82, 2.24) is 15.2 Å². The van der Waals surface area contributed by atoms with E-state index in [0.717, 1.165) is 6.54 Å². The van der Waals surface area contributed by atoms with Crippen LogP contribution in [0.1, 0.15) is 46.5 Å². The van der Waals surface area contributed by atoms with Crippen LogP contribution in [0.3, 0.4) is 0 Å². The van der Waals surface area contributed by atoms with Crippen molar-refractivity contribution in [2.45, 2.75) is 31.7 Å². The molecule has 0 bridgehead atoms. The number of carbonyl (C=O) groups excluding carboxylic acids is 1. The van der Waals surface area contributed by atoms with E-state index in [1.807, 2.05) is 0 Å². The summed E-state index contributed by atoms with van der Waals surface area (Å²) >= 11 is 0. The van der Waals surface area contributed by atoms with Crippen molar-refractivity contribution in [2.24, 2.45) is 0 Å². The van der Waals surface area contributed by atoms with E-state index in [-0.39, 0.29) is 11.6 Å². The second kappa shape index (κ2) is 7.17. The normalized spacial score (nSPS) is 15.3. The number of pyridine rings is 1. The molecule has 114 valence electrons. The molecule has 1 aromatic heterocycles. The van der Waals surface area contributed by atoms with Gasteiger partial charge in [0.05, 0.1) is 0 Å². The lowest BCUT2D eigenvalue weighted by Gasteiger charge is -2.23. The number of nitrogens with zero attached hydrogens (tertiary/aromatic N) is 2. The van der Waals surface area contributed by atoms with Crippen LogP contribution in [-0.2, 0) is 0 Å². The predicted molar refractivity (Wildman–Crippen MR) is 78.4 cm³/mol. The summed E-state index contributed by atoms with van der Waals surface area (Å²) in [5.74, 6) is -1.40. The van der Waals surface area contributed by atoms with E-state index in [9.17, 15) is 9.59 Å². The second-order valence-electron chi connectivity index (χ2n) is 5.41. The molecule has 0 unspecified atom stereocenters. The van der Waals surface area contributed by atoms with Crippen LogP contribution in [0.15, 0.2) is 18.3 Å². The molecule has 1 amide bonds. The molecule has 2 rings (SSSR count). The fourth-order valence-electron chi connectivity index (χ4n) is 2.66. The maximum Gasteiger partial charge on any atom is 0.354 e. The SMILES string of the molecule is CN(CCNC(=O)c1ccnc(C(=O)O)c1)C1CCCC1. The maximum absolute atomic E-state index is 12.0. The van der Waals surface area contributed by atoms with Gasteiger partial charge in [-0.15, -0.1) is 0 Å². The average Bonchev–Trinajstić information content (AvgIpc) is 3.01. The minimum absolute atomic E-state index is 0.120. The molecule has 0 aliphatic heterocycles. The Hall–Kier alpha value is -1.95. The maximum atomic E-state index is 12.0. The van der Waals surface area contributed by atoms with Gasteiger partial charge in [-0.25, -0.2) is 9.78 Å². The summed E-state index contributed by atoms with van der Waals surface area (Å²) in [6.07, 6.45) is 6.38. The number of aromatic carboxylic acids is 1. The van der Waals surface area contributed by atoms with Crippen LogP contribution in [0.4, 0.5) is 0 Å². The summed E-state index contributed by atoms with van der Waals surface area (Å²) in [6, 6.07) is 3.43. The highest BCUT2D eigenvalue weighted by Gasteiger charge is 2.19. The molecular formula is C15H21N3O3. The standard InChI is InChI=1S/C15H21N3O3/c1-18(12-4-2-3-5-12)9-8-17-14(19)11-6-7-16-13(10-11)15(20)21/h6-7,10,12H,2-5,8-9H2,1H3,(H,17,19)(H,20,21). The zero-order valence-electron chi connectivity index (χ0n) is 12.2. The molecule has 0 aromatic carbocycles. The number of carboxylic acid groups (broad SMARTS) is 1. The second-order valence-corrected chi connectivity index (χ2v) is 5.41. The van der Waals surface area contributed by atoms with E-state index < -0.39 is 5.97 Å². The van der Waals surface area contributed by atoms with Gasteiger partial charge in [-0.1, -0.05) is 12.8 Å². The Morgan fingerprint density at radius 1 is 1.43 bits per heavy atom. The van der Waals surface area contributed by atoms with Gasteiger partial charge in [0.2, 0.25) is 0 Å². The number of amides is 1. The van der Waals surface area contributed by atoms with Crippen molar-refractivity contribution in [2.75, 3.05) is 20.1 Å². The van der Waals surface area contributed by atoms with Gasteiger partial charge in [0, 0.05) is 30.9 Å².